The molecule has 0 aliphatic rings. The first-order valence-electron chi connectivity index (χ1n) is 5.89. The Labute approximate surface area is 122 Å². The number of hydrogen-bond donors (Lipinski definition) is 3. The van der Waals surface area contributed by atoms with Gasteiger partial charge in [-0.2, -0.15) is 15.1 Å². The summed E-state index contributed by atoms with van der Waals surface area (Å²) in [5, 5.41) is 12.5. The molecule has 0 saturated carbocycles. The lowest BCUT2D eigenvalue weighted by atomic mass is 10.2. The highest BCUT2D eigenvalue weighted by molar-refractivity contribution is 6.33. The Morgan fingerprint density at radius 2 is 2.05 bits per heavy atom. The van der Waals surface area contributed by atoms with Gasteiger partial charge in [-0.1, -0.05) is 11.6 Å². The molecule has 21 heavy (non-hydrogen) atoms. The zero-order valence-electron chi connectivity index (χ0n) is 10.7. The van der Waals surface area contributed by atoms with Crippen molar-refractivity contribution in [3.8, 4) is 0 Å². The van der Waals surface area contributed by atoms with E-state index in [9.17, 15) is 8.78 Å². The molecule has 2 aromatic heterocycles. The Morgan fingerprint density at radius 1 is 1.24 bits per heavy atom. The summed E-state index contributed by atoms with van der Waals surface area (Å²) in [5.74, 6) is -0.963. The fourth-order valence-corrected chi connectivity index (χ4v) is 2.06. The van der Waals surface area contributed by atoms with Crippen LogP contribution in [0.5, 0.6) is 0 Å². The molecule has 3 rings (SSSR count). The lowest BCUT2D eigenvalue weighted by Crippen LogP contribution is -2.03. The minimum absolute atomic E-state index is 0.0682. The molecular weight excluding hydrogens is 302 g/mol. The van der Waals surface area contributed by atoms with E-state index in [4.69, 9.17) is 11.6 Å². The fourth-order valence-electron chi connectivity index (χ4n) is 1.82. The van der Waals surface area contributed by atoms with Gasteiger partial charge in [0, 0.05) is 13.1 Å². The summed E-state index contributed by atoms with van der Waals surface area (Å²) in [4.78, 5) is 8.33. The van der Waals surface area contributed by atoms with Gasteiger partial charge in [0.15, 0.2) is 11.5 Å². The van der Waals surface area contributed by atoms with E-state index in [1.54, 1.807) is 7.05 Å². The number of aromatic nitrogens is 4. The highest BCUT2D eigenvalue weighted by Gasteiger charge is 2.14. The minimum Gasteiger partial charge on any atom is -0.357 e. The second-order valence-corrected chi connectivity index (χ2v) is 4.55. The average molecular weight is 311 g/mol. The van der Waals surface area contributed by atoms with E-state index in [0.717, 1.165) is 12.1 Å². The largest absolute Gasteiger partial charge is 0.357 e. The standard InChI is InChI=1S/C12H9ClF2N6/c1-16-12-19-10(6-4-17-21-11(6)20-12)18-9-7(13)2-5(14)3-8(9)15/h2-4H,1H3,(H3,16,17,18,19,20,21). The van der Waals surface area contributed by atoms with Crippen LogP contribution in [0.3, 0.4) is 0 Å². The Kier molecular flexibility index (Phi) is 3.30. The zero-order valence-corrected chi connectivity index (χ0v) is 11.5. The van der Waals surface area contributed by atoms with E-state index in [2.05, 4.69) is 30.8 Å². The lowest BCUT2D eigenvalue weighted by Gasteiger charge is -2.10. The molecule has 2 heterocycles. The molecule has 0 amide bonds. The Morgan fingerprint density at radius 3 is 2.76 bits per heavy atom. The summed E-state index contributed by atoms with van der Waals surface area (Å²) in [6.07, 6.45) is 1.49. The molecule has 0 radical (unpaired) electrons. The van der Waals surface area contributed by atoms with E-state index in [1.807, 2.05) is 0 Å². The molecular formula is C12H9ClF2N6. The van der Waals surface area contributed by atoms with Crippen molar-refractivity contribution in [2.45, 2.75) is 0 Å². The van der Waals surface area contributed by atoms with Crippen LogP contribution in [-0.4, -0.2) is 27.2 Å². The SMILES string of the molecule is CNc1nc(Nc2c(F)cc(F)cc2Cl)c2cn[nH]c2n1. The van der Waals surface area contributed by atoms with Crippen molar-refractivity contribution in [1.29, 1.82) is 0 Å². The van der Waals surface area contributed by atoms with E-state index < -0.39 is 11.6 Å². The second kappa shape index (κ2) is 5.13. The number of H-pyrrole nitrogens is 1. The molecule has 0 aliphatic heterocycles. The first-order valence-corrected chi connectivity index (χ1v) is 6.26. The maximum Gasteiger partial charge on any atom is 0.226 e. The lowest BCUT2D eigenvalue weighted by molar-refractivity contribution is 0.586. The number of anilines is 3. The van der Waals surface area contributed by atoms with E-state index >= 15 is 0 Å². The van der Waals surface area contributed by atoms with Gasteiger partial charge in [0.25, 0.3) is 0 Å². The summed E-state index contributed by atoms with van der Waals surface area (Å²) in [5.41, 5.74) is 0.400. The summed E-state index contributed by atoms with van der Waals surface area (Å²) < 4.78 is 26.9. The molecule has 3 N–H and O–H groups in total. The van der Waals surface area contributed by atoms with Gasteiger partial charge in [-0.25, -0.2) is 8.78 Å². The summed E-state index contributed by atoms with van der Waals surface area (Å²) in [7, 11) is 1.65. The number of benzene rings is 1. The van der Waals surface area contributed by atoms with Gasteiger partial charge >= 0.3 is 0 Å². The molecule has 3 aromatic rings. The van der Waals surface area contributed by atoms with E-state index in [1.165, 1.54) is 6.20 Å². The van der Waals surface area contributed by atoms with Crippen molar-refractivity contribution >= 4 is 40.1 Å². The smallest absolute Gasteiger partial charge is 0.226 e. The van der Waals surface area contributed by atoms with Crippen LogP contribution in [0.2, 0.25) is 5.02 Å². The molecule has 0 aliphatic carbocycles. The van der Waals surface area contributed by atoms with Gasteiger partial charge in [0.2, 0.25) is 5.95 Å². The van der Waals surface area contributed by atoms with Crippen molar-refractivity contribution in [2.24, 2.45) is 0 Å². The predicted molar refractivity (Wildman–Crippen MR) is 75.9 cm³/mol. The van der Waals surface area contributed by atoms with Crippen molar-refractivity contribution in [3.63, 3.8) is 0 Å². The number of nitrogens with one attached hydrogen (secondary N) is 3. The maximum atomic E-state index is 13.8. The Balaban J connectivity index is 2.11. The highest BCUT2D eigenvalue weighted by atomic mass is 35.5. The fraction of sp³-hybridized carbons (Fsp3) is 0.0833. The Hall–Kier alpha value is -2.48. The number of nitrogens with zero attached hydrogens (tertiary/aromatic N) is 3. The molecule has 0 bridgehead atoms. The highest BCUT2D eigenvalue weighted by Crippen LogP contribution is 2.31. The van der Waals surface area contributed by atoms with E-state index in [0.29, 0.717) is 22.8 Å². The minimum atomic E-state index is -0.818. The van der Waals surface area contributed by atoms with Crippen LogP contribution in [-0.2, 0) is 0 Å². The van der Waals surface area contributed by atoms with Crippen LogP contribution in [0, 0.1) is 11.6 Å². The van der Waals surface area contributed by atoms with Crippen LogP contribution in [0.1, 0.15) is 0 Å². The van der Waals surface area contributed by atoms with Crippen LogP contribution < -0.4 is 10.6 Å². The van der Waals surface area contributed by atoms with Crippen molar-refractivity contribution < 1.29 is 8.78 Å². The summed E-state index contributed by atoms with van der Waals surface area (Å²) in [6.45, 7) is 0. The topological polar surface area (TPSA) is 78.5 Å². The van der Waals surface area contributed by atoms with Crippen LogP contribution in [0.4, 0.5) is 26.2 Å². The molecule has 0 unspecified atom stereocenters. The first kappa shape index (κ1) is 13.5. The van der Waals surface area contributed by atoms with Crippen LogP contribution in [0.15, 0.2) is 18.3 Å². The number of halogens is 3. The van der Waals surface area contributed by atoms with Gasteiger partial charge in [0.05, 0.1) is 22.3 Å². The van der Waals surface area contributed by atoms with Crippen molar-refractivity contribution in [2.75, 3.05) is 17.7 Å². The molecule has 0 spiro atoms. The molecule has 0 fully saturated rings. The molecule has 1 aromatic carbocycles. The number of rotatable bonds is 3. The summed E-state index contributed by atoms with van der Waals surface area (Å²) in [6, 6.07) is 1.75. The quantitative estimate of drug-likeness (QED) is 0.693. The Bertz CT molecular complexity index is 796. The molecule has 6 nitrogen and oxygen atoms in total. The number of hydrogen-bond acceptors (Lipinski definition) is 5. The van der Waals surface area contributed by atoms with Gasteiger partial charge in [0.1, 0.15) is 11.6 Å². The summed E-state index contributed by atoms with van der Waals surface area (Å²) >= 11 is 5.86. The molecule has 0 atom stereocenters. The van der Waals surface area contributed by atoms with E-state index in [-0.39, 0.29) is 10.7 Å². The maximum absolute atomic E-state index is 13.8. The van der Waals surface area contributed by atoms with Gasteiger partial charge < -0.3 is 10.6 Å². The molecule has 9 heteroatoms. The number of aromatic amines is 1. The third kappa shape index (κ3) is 2.45. The number of fused-ring (bicyclic) bond motifs is 1. The third-order valence-electron chi connectivity index (χ3n) is 2.78. The van der Waals surface area contributed by atoms with Crippen molar-refractivity contribution in [1.82, 2.24) is 20.2 Å². The monoisotopic (exact) mass is 310 g/mol. The predicted octanol–water partition coefficient (Wildman–Crippen LogP) is 3.07. The van der Waals surface area contributed by atoms with Gasteiger partial charge in [-0.05, 0) is 6.07 Å². The molecule has 0 saturated heterocycles. The third-order valence-corrected chi connectivity index (χ3v) is 3.08. The average Bonchev–Trinajstić information content (AvgIpc) is 2.90. The van der Waals surface area contributed by atoms with Crippen molar-refractivity contribution in [3.05, 3.63) is 35.0 Å². The van der Waals surface area contributed by atoms with Crippen LogP contribution >= 0.6 is 11.6 Å². The normalized spacial score (nSPS) is 10.9. The zero-order chi connectivity index (χ0) is 15.0. The molecule has 108 valence electrons. The van der Waals surface area contributed by atoms with Gasteiger partial charge in [-0.15, -0.1) is 0 Å². The van der Waals surface area contributed by atoms with Crippen LogP contribution in [0.25, 0.3) is 11.0 Å². The van der Waals surface area contributed by atoms with Gasteiger partial charge in [-0.3, -0.25) is 5.10 Å². The second-order valence-electron chi connectivity index (χ2n) is 4.15. The first-order chi connectivity index (χ1) is 10.1.